The van der Waals surface area contributed by atoms with E-state index < -0.39 is 0 Å². The standard InChI is InChI=1S/C12H26N2/c1-5-6-12(4,13)9-14-7-10(2)11(3)8-14/h10-11H,5-9,13H2,1-4H3. The van der Waals surface area contributed by atoms with Crippen molar-refractivity contribution in [3.05, 3.63) is 0 Å². The third-order valence-corrected chi connectivity index (χ3v) is 3.47. The van der Waals surface area contributed by atoms with Crippen molar-refractivity contribution in [2.75, 3.05) is 19.6 Å². The van der Waals surface area contributed by atoms with Gasteiger partial charge in [0.15, 0.2) is 0 Å². The molecule has 1 aliphatic heterocycles. The van der Waals surface area contributed by atoms with Gasteiger partial charge < -0.3 is 10.6 Å². The second kappa shape index (κ2) is 4.63. The monoisotopic (exact) mass is 198 g/mol. The molecule has 2 heteroatoms. The van der Waals surface area contributed by atoms with Crippen molar-refractivity contribution >= 4 is 0 Å². The molecule has 0 radical (unpaired) electrons. The van der Waals surface area contributed by atoms with E-state index in [2.05, 4.69) is 32.6 Å². The summed E-state index contributed by atoms with van der Waals surface area (Å²) in [7, 11) is 0. The zero-order chi connectivity index (χ0) is 10.8. The first-order chi connectivity index (χ1) is 6.44. The van der Waals surface area contributed by atoms with Gasteiger partial charge in [-0.05, 0) is 25.2 Å². The van der Waals surface area contributed by atoms with Crippen LogP contribution in [-0.4, -0.2) is 30.1 Å². The van der Waals surface area contributed by atoms with Gasteiger partial charge in [0.1, 0.15) is 0 Å². The Morgan fingerprint density at radius 3 is 2.21 bits per heavy atom. The third kappa shape index (κ3) is 3.25. The zero-order valence-electron chi connectivity index (χ0n) is 10.2. The molecule has 1 rings (SSSR count). The van der Waals surface area contributed by atoms with E-state index in [1.54, 1.807) is 0 Å². The van der Waals surface area contributed by atoms with E-state index in [1.165, 1.54) is 19.5 Å². The minimum atomic E-state index is 0.0124. The molecule has 0 aromatic carbocycles. The van der Waals surface area contributed by atoms with Gasteiger partial charge in [0.25, 0.3) is 0 Å². The number of hydrogen-bond acceptors (Lipinski definition) is 2. The lowest BCUT2D eigenvalue weighted by Crippen LogP contribution is -2.47. The van der Waals surface area contributed by atoms with Crippen LogP contribution in [0.15, 0.2) is 0 Å². The Balaban J connectivity index is 2.38. The predicted octanol–water partition coefficient (Wildman–Crippen LogP) is 2.09. The van der Waals surface area contributed by atoms with Crippen LogP contribution in [0.3, 0.4) is 0 Å². The van der Waals surface area contributed by atoms with Crippen molar-refractivity contribution in [2.24, 2.45) is 17.6 Å². The van der Waals surface area contributed by atoms with Gasteiger partial charge in [-0.1, -0.05) is 27.2 Å². The van der Waals surface area contributed by atoms with Crippen molar-refractivity contribution in [3.63, 3.8) is 0 Å². The van der Waals surface area contributed by atoms with E-state index in [4.69, 9.17) is 5.73 Å². The molecule has 1 fully saturated rings. The van der Waals surface area contributed by atoms with Crippen LogP contribution in [-0.2, 0) is 0 Å². The van der Waals surface area contributed by atoms with Crippen LogP contribution >= 0.6 is 0 Å². The number of likely N-dealkylation sites (tertiary alicyclic amines) is 1. The van der Waals surface area contributed by atoms with E-state index in [0.717, 1.165) is 24.8 Å². The zero-order valence-corrected chi connectivity index (χ0v) is 10.2. The molecule has 1 heterocycles. The molecule has 0 spiro atoms. The molecule has 0 amide bonds. The van der Waals surface area contributed by atoms with Crippen molar-refractivity contribution < 1.29 is 0 Å². The Morgan fingerprint density at radius 2 is 1.79 bits per heavy atom. The summed E-state index contributed by atoms with van der Waals surface area (Å²) in [5.74, 6) is 1.68. The number of rotatable bonds is 4. The van der Waals surface area contributed by atoms with E-state index in [0.29, 0.717) is 0 Å². The van der Waals surface area contributed by atoms with Crippen LogP contribution in [0.25, 0.3) is 0 Å². The van der Waals surface area contributed by atoms with Gasteiger partial charge in [-0.25, -0.2) is 0 Å². The van der Waals surface area contributed by atoms with Gasteiger partial charge in [-0.3, -0.25) is 0 Å². The first-order valence-electron chi connectivity index (χ1n) is 5.96. The molecule has 1 aliphatic rings. The van der Waals surface area contributed by atoms with Crippen LogP contribution in [0.4, 0.5) is 0 Å². The summed E-state index contributed by atoms with van der Waals surface area (Å²) < 4.78 is 0. The maximum atomic E-state index is 6.26. The Bertz CT molecular complexity index is 167. The van der Waals surface area contributed by atoms with Crippen molar-refractivity contribution in [3.8, 4) is 0 Å². The van der Waals surface area contributed by atoms with Gasteiger partial charge in [0, 0.05) is 25.2 Å². The van der Waals surface area contributed by atoms with Gasteiger partial charge in [0.05, 0.1) is 0 Å². The van der Waals surface area contributed by atoms with Crippen LogP contribution in [0.1, 0.15) is 40.5 Å². The Kier molecular flexibility index (Phi) is 3.96. The lowest BCUT2D eigenvalue weighted by atomic mass is 9.97. The molecular weight excluding hydrogens is 172 g/mol. The number of hydrogen-bond donors (Lipinski definition) is 1. The van der Waals surface area contributed by atoms with Crippen LogP contribution in [0, 0.1) is 11.8 Å². The Morgan fingerprint density at radius 1 is 1.29 bits per heavy atom. The van der Waals surface area contributed by atoms with Gasteiger partial charge in [-0.2, -0.15) is 0 Å². The van der Waals surface area contributed by atoms with Crippen molar-refractivity contribution in [1.29, 1.82) is 0 Å². The fourth-order valence-electron chi connectivity index (χ4n) is 2.54. The van der Waals surface area contributed by atoms with Crippen LogP contribution in [0.5, 0.6) is 0 Å². The summed E-state index contributed by atoms with van der Waals surface area (Å²) in [4.78, 5) is 2.53. The highest BCUT2D eigenvalue weighted by Crippen LogP contribution is 2.24. The molecule has 2 N–H and O–H groups in total. The minimum Gasteiger partial charge on any atom is -0.324 e. The molecule has 3 atom stereocenters. The Hall–Kier alpha value is -0.0800. The topological polar surface area (TPSA) is 29.3 Å². The first kappa shape index (κ1) is 12.0. The van der Waals surface area contributed by atoms with Crippen molar-refractivity contribution in [2.45, 2.75) is 46.1 Å². The highest BCUT2D eigenvalue weighted by Gasteiger charge is 2.30. The maximum absolute atomic E-state index is 6.26. The average molecular weight is 198 g/mol. The molecule has 84 valence electrons. The van der Waals surface area contributed by atoms with E-state index in [-0.39, 0.29) is 5.54 Å². The van der Waals surface area contributed by atoms with Gasteiger partial charge in [0.2, 0.25) is 0 Å². The fourth-order valence-corrected chi connectivity index (χ4v) is 2.54. The van der Waals surface area contributed by atoms with E-state index in [9.17, 15) is 0 Å². The summed E-state index contributed by atoms with van der Waals surface area (Å²) in [6.07, 6.45) is 2.32. The molecule has 0 aliphatic carbocycles. The second-order valence-electron chi connectivity index (χ2n) is 5.55. The number of nitrogens with zero attached hydrogens (tertiary/aromatic N) is 1. The summed E-state index contributed by atoms with van der Waals surface area (Å²) in [5.41, 5.74) is 6.27. The smallest absolute Gasteiger partial charge is 0.0254 e. The Labute approximate surface area is 88.8 Å². The predicted molar refractivity (Wildman–Crippen MR) is 62.3 cm³/mol. The minimum absolute atomic E-state index is 0.0124. The maximum Gasteiger partial charge on any atom is 0.0254 e. The highest BCUT2D eigenvalue weighted by atomic mass is 15.2. The lowest BCUT2D eigenvalue weighted by molar-refractivity contribution is 0.239. The second-order valence-corrected chi connectivity index (χ2v) is 5.55. The molecule has 0 aromatic heterocycles. The molecule has 1 saturated heterocycles. The molecule has 2 nitrogen and oxygen atoms in total. The van der Waals surface area contributed by atoms with Crippen LogP contribution in [0.2, 0.25) is 0 Å². The molecule has 0 saturated carbocycles. The van der Waals surface area contributed by atoms with Gasteiger partial charge in [-0.15, -0.1) is 0 Å². The van der Waals surface area contributed by atoms with E-state index in [1.807, 2.05) is 0 Å². The lowest BCUT2D eigenvalue weighted by Gasteiger charge is -2.29. The number of nitrogens with two attached hydrogens (primary N) is 1. The highest BCUT2D eigenvalue weighted by molar-refractivity contribution is 4.87. The fraction of sp³-hybridized carbons (Fsp3) is 1.00. The third-order valence-electron chi connectivity index (χ3n) is 3.47. The summed E-state index contributed by atoms with van der Waals surface area (Å²) >= 11 is 0. The largest absolute Gasteiger partial charge is 0.324 e. The summed E-state index contributed by atoms with van der Waals surface area (Å²) in [6, 6.07) is 0. The van der Waals surface area contributed by atoms with E-state index >= 15 is 0 Å². The molecule has 3 unspecified atom stereocenters. The molecule has 14 heavy (non-hydrogen) atoms. The first-order valence-corrected chi connectivity index (χ1v) is 5.96. The van der Waals surface area contributed by atoms with Gasteiger partial charge >= 0.3 is 0 Å². The molecular formula is C12H26N2. The SMILES string of the molecule is CCCC(C)(N)CN1CC(C)C(C)C1. The van der Waals surface area contributed by atoms with Crippen molar-refractivity contribution in [1.82, 2.24) is 4.90 Å². The normalized spacial score (nSPS) is 33.2. The quantitative estimate of drug-likeness (QED) is 0.749. The van der Waals surface area contributed by atoms with Crippen LogP contribution < -0.4 is 5.73 Å². The molecule has 0 bridgehead atoms. The summed E-state index contributed by atoms with van der Waals surface area (Å²) in [6.45, 7) is 12.6. The summed E-state index contributed by atoms with van der Waals surface area (Å²) in [5, 5.41) is 0. The molecule has 0 aromatic rings. The average Bonchev–Trinajstić information content (AvgIpc) is 2.29.